The van der Waals surface area contributed by atoms with Gasteiger partial charge in [0.05, 0.1) is 25.8 Å². The van der Waals surface area contributed by atoms with Crippen LogP contribution in [0.5, 0.6) is 11.5 Å². The number of amides is 1. The van der Waals surface area contributed by atoms with Crippen molar-refractivity contribution in [3.63, 3.8) is 0 Å². The zero-order valence-corrected chi connectivity index (χ0v) is 17.5. The molecule has 31 heavy (non-hydrogen) atoms. The highest BCUT2D eigenvalue weighted by molar-refractivity contribution is 6.16. The summed E-state index contributed by atoms with van der Waals surface area (Å²) in [6, 6.07) is 13.3. The summed E-state index contributed by atoms with van der Waals surface area (Å²) in [6.45, 7) is 2.31. The lowest BCUT2D eigenvalue weighted by atomic mass is 9.94. The van der Waals surface area contributed by atoms with Gasteiger partial charge in [0.1, 0.15) is 5.75 Å². The summed E-state index contributed by atoms with van der Waals surface area (Å²) in [5.74, 6) is -0.566. The fourth-order valence-corrected chi connectivity index (χ4v) is 3.96. The lowest BCUT2D eigenvalue weighted by Gasteiger charge is -2.26. The molecule has 1 aromatic heterocycles. The SMILES string of the molecule is CCCN1C(=O)C(O)=C(C(=O)c2cc3cccc(OC)c3o2)C1c1cccc(OC)c1. The first-order valence-corrected chi connectivity index (χ1v) is 9.99. The smallest absolute Gasteiger partial charge is 0.290 e. The van der Waals surface area contributed by atoms with E-state index in [0.717, 1.165) is 0 Å². The van der Waals surface area contributed by atoms with Gasteiger partial charge in [-0.25, -0.2) is 0 Å². The van der Waals surface area contributed by atoms with Gasteiger partial charge in [-0.05, 0) is 36.2 Å². The number of ketones is 1. The molecule has 160 valence electrons. The van der Waals surface area contributed by atoms with Crippen molar-refractivity contribution >= 4 is 22.7 Å². The van der Waals surface area contributed by atoms with Crippen molar-refractivity contribution < 1.29 is 28.6 Å². The Morgan fingerprint density at radius 2 is 1.90 bits per heavy atom. The quantitative estimate of drug-likeness (QED) is 0.568. The highest BCUT2D eigenvalue weighted by atomic mass is 16.5. The molecule has 1 N–H and O–H groups in total. The Balaban J connectivity index is 1.83. The number of hydrogen-bond acceptors (Lipinski definition) is 6. The summed E-state index contributed by atoms with van der Waals surface area (Å²) in [4.78, 5) is 27.8. The summed E-state index contributed by atoms with van der Waals surface area (Å²) in [6.07, 6.45) is 0.669. The van der Waals surface area contributed by atoms with E-state index in [1.54, 1.807) is 55.6 Å². The third-order valence-corrected chi connectivity index (χ3v) is 5.37. The molecule has 0 radical (unpaired) electrons. The van der Waals surface area contributed by atoms with Crippen LogP contribution in [-0.4, -0.2) is 42.5 Å². The number of rotatable bonds is 7. The first-order chi connectivity index (χ1) is 15.0. The zero-order valence-electron chi connectivity index (χ0n) is 17.5. The van der Waals surface area contributed by atoms with E-state index in [1.807, 2.05) is 6.92 Å². The minimum absolute atomic E-state index is 0.00951. The van der Waals surface area contributed by atoms with Gasteiger partial charge in [-0.3, -0.25) is 9.59 Å². The Bertz CT molecular complexity index is 1190. The molecule has 7 heteroatoms. The van der Waals surface area contributed by atoms with Crippen molar-refractivity contribution in [2.45, 2.75) is 19.4 Å². The number of aliphatic hydroxyl groups is 1. The molecule has 0 saturated heterocycles. The maximum Gasteiger partial charge on any atom is 0.290 e. The number of carbonyl (C=O) groups excluding carboxylic acids is 2. The molecule has 0 bridgehead atoms. The second-order valence-corrected chi connectivity index (χ2v) is 7.26. The van der Waals surface area contributed by atoms with Crippen LogP contribution >= 0.6 is 0 Å². The average molecular weight is 421 g/mol. The summed E-state index contributed by atoms with van der Waals surface area (Å²) in [5.41, 5.74) is 1.09. The molecule has 0 spiro atoms. The molecular weight excluding hydrogens is 398 g/mol. The molecule has 1 amide bonds. The molecular formula is C24H23NO6. The first kappa shape index (κ1) is 20.5. The second kappa shape index (κ2) is 8.18. The third-order valence-electron chi connectivity index (χ3n) is 5.37. The highest BCUT2D eigenvalue weighted by Crippen LogP contribution is 2.41. The number of methoxy groups -OCH3 is 2. The predicted molar refractivity (Wildman–Crippen MR) is 114 cm³/mol. The predicted octanol–water partition coefficient (Wildman–Crippen LogP) is 4.44. The number of carbonyl (C=O) groups is 2. The highest BCUT2D eigenvalue weighted by Gasteiger charge is 2.44. The normalized spacial score (nSPS) is 16.3. The third kappa shape index (κ3) is 3.42. The Kier molecular flexibility index (Phi) is 5.42. The molecule has 2 heterocycles. The van der Waals surface area contributed by atoms with Gasteiger partial charge in [-0.1, -0.05) is 31.2 Å². The van der Waals surface area contributed by atoms with Gasteiger partial charge >= 0.3 is 0 Å². The van der Waals surface area contributed by atoms with E-state index in [0.29, 0.717) is 41.0 Å². The number of fused-ring (bicyclic) bond motifs is 1. The molecule has 4 rings (SSSR count). The van der Waals surface area contributed by atoms with Crippen LogP contribution in [0.1, 0.15) is 35.5 Å². The van der Waals surface area contributed by atoms with Gasteiger partial charge in [0.25, 0.3) is 5.91 Å². The maximum atomic E-state index is 13.5. The van der Waals surface area contributed by atoms with Crippen LogP contribution in [0.25, 0.3) is 11.0 Å². The number of benzene rings is 2. The summed E-state index contributed by atoms with van der Waals surface area (Å²) < 4.78 is 16.4. The average Bonchev–Trinajstić information content (AvgIpc) is 3.34. The molecule has 1 atom stereocenters. The van der Waals surface area contributed by atoms with Gasteiger partial charge in [-0.15, -0.1) is 0 Å². The molecule has 0 aliphatic carbocycles. The topological polar surface area (TPSA) is 89.2 Å². The van der Waals surface area contributed by atoms with E-state index in [4.69, 9.17) is 13.9 Å². The van der Waals surface area contributed by atoms with E-state index in [9.17, 15) is 14.7 Å². The Hall–Kier alpha value is -3.74. The van der Waals surface area contributed by atoms with E-state index in [1.165, 1.54) is 12.0 Å². The van der Waals surface area contributed by atoms with Crippen molar-refractivity contribution in [2.75, 3.05) is 20.8 Å². The molecule has 1 aliphatic heterocycles. The number of aliphatic hydroxyl groups excluding tert-OH is 1. The fraction of sp³-hybridized carbons (Fsp3) is 0.250. The van der Waals surface area contributed by atoms with Crippen molar-refractivity contribution in [1.82, 2.24) is 4.90 Å². The lowest BCUT2D eigenvalue weighted by molar-refractivity contribution is -0.129. The van der Waals surface area contributed by atoms with E-state index in [2.05, 4.69) is 0 Å². The number of furan rings is 1. The van der Waals surface area contributed by atoms with Crippen molar-refractivity contribution in [3.8, 4) is 11.5 Å². The van der Waals surface area contributed by atoms with E-state index in [-0.39, 0.29) is 11.3 Å². The van der Waals surface area contributed by atoms with Crippen LogP contribution in [0.2, 0.25) is 0 Å². The van der Waals surface area contributed by atoms with Crippen molar-refractivity contribution in [3.05, 3.63) is 71.2 Å². The largest absolute Gasteiger partial charge is 0.503 e. The standard InChI is InChI=1S/C24H23NO6/c1-4-11-25-20(14-7-5-9-16(12-14)29-2)19(22(27)24(25)28)21(26)18-13-15-8-6-10-17(30-3)23(15)31-18/h5-10,12-13,20,27H,4,11H2,1-3H3. The van der Waals surface area contributed by atoms with Gasteiger partial charge in [0, 0.05) is 11.9 Å². The number of hydrogen-bond donors (Lipinski definition) is 1. The van der Waals surface area contributed by atoms with Crippen LogP contribution in [0.4, 0.5) is 0 Å². The van der Waals surface area contributed by atoms with Crippen LogP contribution in [0, 0.1) is 0 Å². The van der Waals surface area contributed by atoms with Crippen LogP contribution in [0.15, 0.2) is 64.3 Å². The number of nitrogens with zero attached hydrogens (tertiary/aromatic N) is 1. The van der Waals surface area contributed by atoms with Crippen LogP contribution in [-0.2, 0) is 4.79 Å². The maximum absolute atomic E-state index is 13.5. The molecule has 1 unspecified atom stereocenters. The number of ether oxygens (including phenoxy) is 2. The molecule has 2 aromatic carbocycles. The Morgan fingerprint density at radius 3 is 2.61 bits per heavy atom. The zero-order chi connectivity index (χ0) is 22.1. The monoisotopic (exact) mass is 421 g/mol. The first-order valence-electron chi connectivity index (χ1n) is 9.99. The van der Waals surface area contributed by atoms with Crippen molar-refractivity contribution in [1.29, 1.82) is 0 Å². The minimum atomic E-state index is -0.745. The Morgan fingerprint density at radius 1 is 1.13 bits per heavy atom. The van der Waals surface area contributed by atoms with Gasteiger partial charge in [-0.2, -0.15) is 0 Å². The van der Waals surface area contributed by atoms with E-state index >= 15 is 0 Å². The van der Waals surface area contributed by atoms with Gasteiger partial charge < -0.3 is 23.9 Å². The molecule has 1 aliphatic rings. The lowest BCUT2D eigenvalue weighted by Crippen LogP contribution is -2.31. The van der Waals surface area contributed by atoms with Crippen molar-refractivity contribution in [2.24, 2.45) is 0 Å². The van der Waals surface area contributed by atoms with Gasteiger partial charge in [0.15, 0.2) is 22.9 Å². The summed E-state index contributed by atoms with van der Waals surface area (Å²) in [5, 5.41) is 11.4. The number of Topliss-reactive ketones (excluding diaryl/α,β-unsaturated/α-hetero) is 1. The molecule has 7 nitrogen and oxygen atoms in total. The molecule has 0 fully saturated rings. The van der Waals surface area contributed by atoms with Crippen LogP contribution < -0.4 is 9.47 Å². The molecule has 3 aromatic rings. The summed E-state index contributed by atoms with van der Waals surface area (Å²) >= 11 is 0. The van der Waals surface area contributed by atoms with Crippen LogP contribution in [0.3, 0.4) is 0 Å². The van der Waals surface area contributed by atoms with Gasteiger partial charge in [0.2, 0.25) is 5.78 Å². The Labute approximate surface area is 179 Å². The minimum Gasteiger partial charge on any atom is -0.503 e. The number of para-hydroxylation sites is 1. The second-order valence-electron chi connectivity index (χ2n) is 7.26. The fourth-order valence-electron chi connectivity index (χ4n) is 3.96. The molecule has 0 saturated carbocycles. The summed E-state index contributed by atoms with van der Waals surface area (Å²) in [7, 11) is 3.06. The van der Waals surface area contributed by atoms with E-state index < -0.39 is 23.5 Å².